The van der Waals surface area contributed by atoms with Gasteiger partial charge in [-0.25, -0.2) is 4.98 Å². The summed E-state index contributed by atoms with van der Waals surface area (Å²) in [5.74, 6) is 0.580. The molecule has 0 aliphatic heterocycles. The van der Waals surface area contributed by atoms with Crippen molar-refractivity contribution in [3.8, 4) is 22.6 Å². The number of anilines is 1. The molecule has 0 unspecified atom stereocenters. The fraction of sp³-hybridized carbons (Fsp3) is 0.120. The molecular weight excluding hydrogens is 360 g/mol. The zero-order valence-corrected chi connectivity index (χ0v) is 16.5. The molecule has 0 saturated heterocycles. The number of amides is 1. The van der Waals surface area contributed by atoms with Gasteiger partial charge in [-0.1, -0.05) is 48.0 Å². The molecule has 4 nitrogen and oxygen atoms in total. The van der Waals surface area contributed by atoms with Gasteiger partial charge in [0.25, 0.3) is 0 Å². The van der Waals surface area contributed by atoms with E-state index >= 15 is 0 Å². The predicted molar refractivity (Wildman–Crippen MR) is 116 cm³/mol. The van der Waals surface area contributed by atoms with Gasteiger partial charge in [-0.15, -0.1) is 0 Å². The maximum atomic E-state index is 12.4. The third-order valence-corrected chi connectivity index (χ3v) is 4.85. The lowest BCUT2D eigenvalue weighted by Gasteiger charge is -2.11. The van der Waals surface area contributed by atoms with Crippen molar-refractivity contribution >= 4 is 11.6 Å². The van der Waals surface area contributed by atoms with Gasteiger partial charge in [-0.3, -0.25) is 4.79 Å². The Balaban J connectivity index is 1.50. The molecule has 0 bridgehead atoms. The molecule has 0 spiro atoms. The second kappa shape index (κ2) is 8.15. The SMILES string of the molecule is Cc1ccc(CC(=O)Nc2ccc(-c3cccc(-c4ncco4)c3)c(C)c2)cc1. The Labute approximate surface area is 170 Å². The lowest BCUT2D eigenvalue weighted by atomic mass is 9.98. The fourth-order valence-corrected chi connectivity index (χ4v) is 3.35. The van der Waals surface area contributed by atoms with Gasteiger partial charge in [0.05, 0.1) is 12.6 Å². The molecule has 29 heavy (non-hydrogen) atoms. The summed E-state index contributed by atoms with van der Waals surface area (Å²) in [6.07, 6.45) is 3.57. The van der Waals surface area contributed by atoms with E-state index in [1.54, 1.807) is 12.5 Å². The molecular formula is C25H22N2O2. The van der Waals surface area contributed by atoms with Crippen LogP contribution in [-0.2, 0) is 11.2 Å². The first-order valence-corrected chi connectivity index (χ1v) is 9.55. The Morgan fingerprint density at radius 2 is 1.76 bits per heavy atom. The highest BCUT2D eigenvalue weighted by Gasteiger charge is 2.09. The Hall–Kier alpha value is -3.66. The van der Waals surface area contributed by atoms with Gasteiger partial charge in [-0.2, -0.15) is 0 Å². The van der Waals surface area contributed by atoms with Crippen molar-refractivity contribution in [2.24, 2.45) is 0 Å². The van der Waals surface area contributed by atoms with Crippen LogP contribution in [0.3, 0.4) is 0 Å². The van der Waals surface area contributed by atoms with E-state index in [2.05, 4.69) is 22.4 Å². The minimum Gasteiger partial charge on any atom is -0.445 e. The molecule has 0 aliphatic carbocycles. The number of carbonyl (C=O) groups excluding carboxylic acids is 1. The monoisotopic (exact) mass is 382 g/mol. The molecule has 4 aromatic rings. The van der Waals surface area contributed by atoms with E-state index in [9.17, 15) is 4.79 Å². The summed E-state index contributed by atoms with van der Waals surface area (Å²) in [5, 5.41) is 2.99. The van der Waals surface area contributed by atoms with Gasteiger partial charge in [0, 0.05) is 11.3 Å². The lowest BCUT2D eigenvalue weighted by Crippen LogP contribution is -2.14. The largest absolute Gasteiger partial charge is 0.445 e. The average Bonchev–Trinajstić information content (AvgIpc) is 3.25. The van der Waals surface area contributed by atoms with Crippen molar-refractivity contribution in [2.45, 2.75) is 20.3 Å². The standard InChI is InChI=1S/C25H22N2O2/c1-17-6-8-19(9-7-17)15-24(28)27-22-10-11-23(18(2)14-22)20-4-3-5-21(16-20)25-26-12-13-29-25/h3-14,16H,15H2,1-2H3,(H,27,28). The van der Waals surface area contributed by atoms with Crippen LogP contribution in [0.4, 0.5) is 5.69 Å². The summed E-state index contributed by atoms with van der Waals surface area (Å²) in [5.41, 5.74) is 7.19. The van der Waals surface area contributed by atoms with Crippen LogP contribution in [-0.4, -0.2) is 10.9 Å². The number of hydrogen-bond donors (Lipinski definition) is 1. The van der Waals surface area contributed by atoms with Gasteiger partial charge in [0.1, 0.15) is 6.26 Å². The molecule has 1 amide bonds. The molecule has 0 saturated carbocycles. The zero-order chi connectivity index (χ0) is 20.2. The van der Waals surface area contributed by atoms with Crippen LogP contribution >= 0.6 is 0 Å². The van der Waals surface area contributed by atoms with Crippen molar-refractivity contribution in [1.82, 2.24) is 4.98 Å². The van der Waals surface area contributed by atoms with Crippen LogP contribution in [0.5, 0.6) is 0 Å². The van der Waals surface area contributed by atoms with E-state index in [0.717, 1.165) is 33.5 Å². The van der Waals surface area contributed by atoms with Crippen LogP contribution in [0.1, 0.15) is 16.7 Å². The Bertz CT molecular complexity index is 1130. The first-order valence-electron chi connectivity index (χ1n) is 9.55. The number of aromatic nitrogens is 1. The third kappa shape index (κ3) is 4.43. The highest BCUT2D eigenvalue weighted by molar-refractivity contribution is 5.92. The summed E-state index contributed by atoms with van der Waals surface area (Å²) in [7, 11) is 0. The second-order valence-corrected chi connectivity index (χ2v) is 7.16. The van der Waals surface area contributed by atoms with Crippen LogP contribution in [0.25, 0.3) is 22.6 Å². The number of nitrogens with zero attached hydrogens (tertiary/aromatic N) is 1. The molecule has 0 atom stereocenters. The summed E-state index contributed by atoms with van der Waals surface area (Å²) in [6.45, 7) is 4.08. The Morgan fingerprint density at radius 3 is 2.48 bits per heavy atom. The highest BCUT2D eigenvalue weighted by Crippen LogP contribution is 2.29. The van der Waals surface area contributed by atoms with Crippen molar-refractivity contribution in [3.63, 3.8) is 0 Å². The molecule has 0 aliphatic rings. The molecule has 1 heterocycles. The number of benzene rings is 3. The maximum absolute atomic E-state index is 12.4. The summed E-state index contributed by atoms with van der Waals surface area (Å²) < 4.78 is 5.40. The van der Waals surface area contributed by atoms with Crippen LogP contribution in [0.2, 0.25) is 0 Å². The van der Waals surface area contributed by atoms with E-state index in [1.807, 2.05) is 68.4 Å². The number of hydrogen-bond acceptors (Lipinski definition) is 3. The molecule has 4 rings (SSSR count). The minimum atomic E-state index is -0.0214. The lowest BCUT2D eigenvalue weighted by molar-refractivity contribution is -0.115. The maximum Gasteiger partial charge on any atom is 0.228 e. The highest BCUT2D eigenvalue weighted by atomic mass is 16.3. The number of rotatable bonds is 5. The van der Waals surface area contributed by atoms with Crippen molar-refractivity contribution in [1.29, 1.82) is 0 Å². The molecule has 4 heteroatoms. The topological polar surface area (TPSA) is 55.1 Å². The van der Waals surface area contributed by atoms with Crippen molar-refractivity contribution in [3.05, 3.63) is 95.9 Å². The molecule has 1 N–H and O–H groups in total. The zero-order valence-electron chi connectivity index (χ0n) is 16.5. The van der Waals surface area contributed by atoms with E-state index in [0.29, 0.717) is 12.3 Å². The number of nitrogens with one attached hydrogen (secondary N) is 1. The molecule has 0 fully saturated rings. The molecule has 144 valence electrons. The molecule has 1 aromatic heterocycles. The predicted octanol–water partition coefficient (Wildman–Crippen LogP) is 5.81. The minimum absolute atomic E-state index is 0.0214. The van der Waals surface area contributed by atoms with Crippen LogP contribution < -0.4 is 5.32 Å². The Kier molecular flexibility index (Phi) is 5.25. The van der Waals surface area contributed by atoms with Crippen molar-refractivity contribution in [2.75, 3.05) is 5.32 Å². The number of carbonyl (C=O) groups is 1. The van der Waals surface area contributed by atoms with Crippen LogP contribution in [0, 0.1) is 13.8 Å². The van der Waals surface area contributed by atoms with Gasteiger partial charge in [-0.05, 0) is 60.4 Å². The Morgan fingerprint density at radius 1 is 0.966 bits per heavy atom. The van der Waals surface area contributed by atoms with Gasteiger partial charge < -0.3 is 9.73 Å². The number of aryl methyl sites for hydroxylation is 2. The summed E-state index contributed by atoms with van der Waals surface area (Å²) >= 11 is 0. The van der Waals surface area contributed by atoms with Crippen molar-refractivity contribution < 1.29 is 9.21 Å². The fourth-order valence-electron chi connectivity index (χ4n) is 3.35. The van der Waals surface area contributed by atoms with E-state index in [1.165, 1.54) is 5.56 Å². The quantitative estimate of drug-likeness (QED) is 0.474. The molecule has 0 radical (unpaired) electrons. The number of oxazole rings is 1. The van der Waals surface area contributed by atoms with Crippen LogP contribution in [0.15, 0.2) is 83.6 Å². The summed E-state index contributed by atoms with van der Waals surface area (Å²) in [4.78, 5) is 16.6. The average molecular weight is 382 g/mol. The molecule has 3 aromatic carbocycles. The first kappa shape index (κ1) is 18.7. The van der Waals surface area contributed by atoms with E-state index in [4.69, 9.17) is 4.42 Å². The first-order chi connectivity index (χ1) is 14.1. The van der Waals surface area contributed by atoms with Gasteiger partial charge in [0.2, 0.25) is 11.8 Å². The third-order valence-electron chi connectivity index (χ3n) is 4.85. The second-order valence-electron chi connectivity index (χ2n) is 7.16. The van der Waals surface area contributed by atoms with Gasteiger partial charge in [0.15, 0.2) is 0 Å². The normalized spacial score (nSPS) is 10.7. The smallest absolute Gasteiger partial charge is 0.228 e. The van der Waals surface area contributed by atoms with Gasteiger partial charge >= 0.3 is 0 Å². The van der Waals surface area contributed by atoms with E-state index in [-0.39, 0.29) is 5.91 Å². The summed E-state index contributed by atoms with van der Waals surface area (Å²) in [6, 6.07) is 22.1. The van der Waals surface area contributed by atoms with E-state index < -0.39 is 0 Å².